The lowest BCUT2D eigenvalue weighted by molar-refractivity contribution is 1.28. The van der Waals surface area contributed by atoms with E-state index in [-0.39, 0.29) is 0 Å². The Hall–Kier alpha value is 0.580. The zero-order valence-corrected chi connectivity index (χ0v) is 14.3. The van der Waals surface area contributed by atoms with Crippen LogP contribution in [0.5, 0.6) is 0 Å². The summed E-state index contributed by atoms with van der Waals surface area (Å²) in [5.74, 6) is 0. The first kappa shape index (κ1) is 14.0. The van der Waals surface area contributed by atoms with Gasteiger partial charge in [-0.25, -0.2) is 0 Å². The molecule has 17 heavy (non-hydrogen) atoms. The van der Waals surface area contributed by atoms with Gasteiger partial charge in [0.25, 0.3) is 0 Å². The number of thioether (sulfide) groups is 4. The lowest BCUT2D eigenvalue weighted by atomic mass is 10.3. The SMILES string of the molecule is CSc1cc2sc(SC)c(SC)c2cc1SC. The fraction of sp³-hybridized carbons (Fsp3) is 0.333. The third-order valence-corrected chi connectivity index (χ3v) is 7.56. The van der Waals surface area contributed by atoms with Gasteiger partial charge in [0.05, 0.1) is 4.21 Å². The van der Waals surface area contributed by atoms with Crippen LogP contribution in [0.2, 0.25) is 0 Å². The van der Waals surface area contributed by atoms with Crippen molar-refractivity contribution >= 4 is 68.5 Å². The first-order valence-corrected chi connectivity index (χ1v) is 10.7. The van der Waals surface area contributed by atoms with E-state index in [0.717, 1.165) is 0 Å². The minimum atomic E-state index is 1.39. The summed E-state index contributed by atoms with van der Waals surface area (Å²) in [5.41, 5.74) is 0. The average molecular weight is 319 g/mol. The molecule has 0 saturated carbocycles. The van der Waals surface area contributed by atoms with Crippen LogP contribution in [-0.2, 0) is 0 Å². The highest BCUT2D eigenvalue weighted by atomic mass is 32.2. The molecule has 1 aromatic carbocycles. The molecule has 1 heterocycles. The van der Waals surface area contributed by atoms with Crippen LogP contribution in [0.25, 0.3) is 10.1 Å². The molecule has 0 bridgehead atoms. The monoisotopic (exact) mass is 318 g/mol. The van der Waals surface area contributed by atoms with Gasteiger partial charge in [0.15, 0.2) is 0 Å². The first-order valence-electron chi connectivity index (χ1n) is 5.01. The van der Waals surface area contributed by atoms with Gasteiger partial charge < -0.3 is 0 Å². The zero-order valence-electron chi connectivity index (χ0n) is 10.2. The van der Waals surface area contributed by atoms with E-state index in [0.29, 0.717) is 0 Å². The topological polar surface area (TPSA) is 0 Å². The average Bonchev–Trinajstić information content (AvgIpc) is 2.73. The van der Waals surface area contributed by atoms with Gasteiger partial charge in [-0.05, 0) is 37.2 Å². The van der Waals surface area contributed by atoms with E-state index in [4.69, 9.17) is 0 Å². The lowest BCUT2D eigenvalue weighted by Crippen LogP contribution is -1.78. The van der Waals surface area contributed by atoms with Crippen molar-refractivity contribution < 1.29 is 0 Å². The summed E-state index contributed by atoms with van der Waals surface area (Å²) in [5, 5.41) is 1.43. The van der Waals surface area contributed by atoms with Crippen molar-refractivity contribution in [1.29, 1.82) is 0 Å². The Labute approximate surface area is 124 Å². The molecule has 1 aromatic heterocycles. The number of thiophene rings is 1. The van der Waals surface area contributed by atoms with Crippen molar-refractivity contribution in [1.82, 2.24) is 0 Å². The van der Waals surface area contributed by atoms with Crippen LogP contribution in [0.1, 0.15) is 0 Å². The van der Waals surface area contributed by atoms with Crippen molar-refractivity contribution in [2.45, 2.75) is 18.9 Å². The van der Waals surface area contributed by atoms with E-state index in [1.807, 2.05) is 58.4 Å². The van der Waals surface area contributed by atoms with Gasteiger partial charge in [-0.1, -0.05) is 0 Å². The molecule has 0 nitrogen and oxygen atoms in total. The van der Waals surface area contributed by atoms with Gasteiger partial charge in [0, 0.05) is 24.8 Å². The van der Waals surface area contributed by atoms with Crippen LogP contribution in [0.15, 0.2) is 31.0 Å². The molecule has 0 aliphatic rings. The predicted molar refractivity (Wildman–Crippen MR) is 88.9 cm³/mol. The molecule has 5 heteroatoms. The van der Waals surface area contributed by atoms with E-state index < -0.39 is 0 Å². The molecule has 0 saturated heterocycles. The maximum absolute atomic E-state index is 2.36. The van der Waals surface area contributed by atoms with Gasteiger partial charge >= 0.3 is 0 Å². The predicted octanol–water partition coefficient (Wildman–Crippen LogP) is 5.79. The molecule has 0 unspecified atom stereocenters. The second-order valence-electron chi connectivity index (χ2n) is 3.33. The summed E-state index contributed by atoms with van der Waals surface area (Å²) in [7, 11) is 0. The standard InChI is InChI=1S/C12H14S5/c1-13-9-5-7-8(6-10(9)14-2)17-12(16-4)11(7)15-3/h5-6H,1-4H3. The van der Waals surface area contributed by atoms with Crippen molar-refractivity contribution in [2.75, 3.05) is 25.0 Å². The normalized spacial score (nSPS) is 11.3. The molecular formula is C12H14S5. The summed E-state index contributed by atoms with van der Waals surface area (Å²) >= 11 is 9.31. The Balaban J connectivity index is 2.71. The number of hydrogen-bond donors (Lipinski definition) is 0. The van der Waals surface area contributed by atoms with Crippen LogP contribution >= 0.6 is 58.4 Å². The van der Waals surface area contributed by atoms with Crippen molar-refractivity contribution in [3.05, 3.63) is 12.1 Å². The number of hydrogen-bond acceptors (Lipinski definition) is 5. The maximum atomic E-state index is 2.36. The Bertz CT molecular complexity index is 527. The van der Waals surface area contributed by atoms with E-state index in [2.05, 4.69) is 37.2 Å². The minimum absolute atomic E-state index is 1.39. The summed E-state index contributed by atoms with van der Waals surface area (Å²) in [6, 6.07) is 4.70. The van der Waals surface area contributed by atoms with E-state index >= 15 is 0 Å². The summed E-state index contributed by atoms with van der Waals surface area (Å²) in [4.78, 5) is 4.23. The minimum Gasteiger partial charge on any atom is -0.128 e. The second kappa shape index (κ2) is 6.15. The second-order valence-corrected chi connectivity index (χ2v) is 7.97. The fourth-order valence-corrected chi connectivity index (χ4v) is 6.52. The molecular weight excluding hydrogens is 304 g/mol. The smallest absolute Gasteiger partial charge is 0.0744 e. The van der Waals surface area contributed by atoms with Crippen molar-refractivity contribution in [3.63, 3.8) is 0 Å². The third kappa shape index (κ3) is 2.63. The highest BCUT2D eigenvalue weighted by Crippen LogP contribution is 2.45. The van der Waals surface area contributed by atoms with Crippen molar-refractivity contribution in [3.8, 4) is 0 Å². The molecule has 0 amide bonds. The zero-order chi connectivity index (χ0) is 12.4. The molecule has 0 N–H and O–H groups in total. The van der Waals surface area contributed by atoms with Crippen molar-refractivity contribution in [2.24, 2.45) is 0 Å². The lowest BCUT2D eigenvalue weighted by Gasteiger charge is -2.05. The van der Waals surface area contributed by atoms with E-state index in [9.17, 15) is 0 Å². The first-order chi connectivity index (χ1) is 8.24. The largest absolute Gasteiger partial charge is 0.128 e. The highest BCUT2D eigenvalue weighted by molar-refractivity contribution is 8.03. The van der Waals surface area contributed by atoms with Gasteiger partial charge in [-0.2, -0.15) is 0 Å². The van der Waals surface area contributed by atoms with Gasteiger partial charge in [0.2, 0.25) is 0 Å². The molecule has 0 radical (unpaired) electrons. The quantitative estimate of drug-likeness (QED) is 0.654. The summed E-state index contributed by atoms with van der Waals surface area (Å²) in [6.45, 7) is 0. The summed E-state index contributed by atoms with van der Waals surface area (Å²) < 4.78 is 2.86. The fourth-order valence-electron chi connectivity index (χ4n) is 1.71. The number of rotatable bonds is 4. The number of fused-ring (bicyclic) bond motifs is 1. The maximum Gasteiger partial charge on any atom is 0.0744 e. The van der Waals surface area contributed by atoms with Gasteiger partial charge in [-0.3, -0.25) is 0 Å². The van der Waals surface area contributed by atoms with E-state index in [1.165, 1.54) is 29.0 Å². The third-order valence-electron chi connectivity index (χ3n) is 2.51. The van der Waals surface area contributed by atoms with Crippen LogP contribution in [-0.4, -0.2) is 25.0 Å². The van der Waals surface area contributed by atoms with Crippen LogP contribution in [0.3, 0.4) is 0 Å². The molecule has 2 aromatic rings. The molecule has 2 rings (SSSR count). The molecule has 0 fully saturated rings. The molecule has 0 aliphatic heterocycles. The van der Waals surface area contributed by atoms with E-state index in [1.54, 1.807) is 0 Å². The number of benzene rings is 1. The van der Waals surface area contributed by atoms with Gasteiger partial charge in [0.1, 0.15) is 0 Å². The molecule has 0 spiro atoms. The Morgan fingerprint density at radius 3 is 2.00 bits per heavy atom. The highest BCUT2D eigenvalue weighted by Gasteiger charge is 2.13. The molecule has 0 aliphatic carbocycles. The molecule has 0 atom stereocenters. The Morgan fingerprint density at radius 1 is 0.824 bits per heavy atom. The summed E-state index contributed by atoms with van der Waals surface area (Å²) in [6.07, 6.45) is 8.64. The molecule has 92 valence electrons. The van der Waals surface area contributed by atoms with Crippen LogP contribution < -0.4 is 0 Å². The van der Waals surface area contributed by atoms with Crippen LogP contribution in [0, 0.1) is 0 Å². The Kier molecular flexibility index (Phi) is 5.06. The Morgan fingerprint density at radius 2 is 1.47 bits per heavy atom. The van der Waals surface area contributed by atoms with Crippen LogP contribution in [0.4, 0.5) is 0 Å². The van der Waals surface area contributed by atoms with Gasteiger partial charge in [-0.15, -0.1) is 58.4 Å².